The third-order valence-electron chi connectivity index (χ3n) is 4.59. The molecule has 1 amide bonds. The Morgan fingerprint density at radius 3 is 2.78 bits per heavy atom. The van der Waals surface area contributed by atoms with Crippen LogP contribution in [0.2, 0.25) is 0 Å². The minimum atomic E-state index is -0.782. The van der Waals surface area contributed by atoms with Gasteiger partial charge in [0.2, 0.25) is 5.91 Å². The van der Waals surface area contributed by atoms with Gasteiger partial charge in [0.15, 0.2) is 0 Å². The molecule has 2 aromatic rings. The summed E-state index contributed by atoms with van der Waals surface area (Å²) in [6, 6.07) is 14.0. The Hall–Kier alpha value is -1.91. The molecular weight excluding hydrogens is 288 g/mol. The van der Waals surface area contributed by atoms with Crippen LogP contribution in [0, 0.1) is 0 Å². The van der Waals surface area contributed by atoms with Gasteiger partial charge in [0.05, 0.1) is 12.1 Å². The molecule has 0 spiro atoms. The molecule has 0 radical (unpaired) electrons. The van der Waals surface area contributed by atoms with Crippen LogP contribution in [0.5, 0.6) is 0 Å². The van der Waals surface area contributed by atoms with E-state index >= 15 is 0 Å². The fourth-order valence-corrected chi connectivity index (χ4v) is 3.52. The van der Waals surface area contributed by atoms with Crippen molar-refractivity contribution in [3.8, 4) is 0 Å². The lowest BCUT2D eigenvalue weighted by molar-refractivity contribution is -0.118. The number of rotatable bonds is 4. The number of carbonyl (C=O) groups excluding carboxylic acids is 1. The summed E-state index contributed by atoms with van der Waals surface area (Å²) >= 11 is 0. The van der Waals surface area contributed by atoms with E-state index in [0.717, 1.165) is 35.8 Å². The molecule has 1 unspecified atom stereocenters. The molecule has 0 aliphatic carbocycles. The van der Waals surface area contributed by atoms with Crippen LogP contribution in [0.1, 0.15) is 26.7 Å². The summed E-state index contributed by atoms with van der Waals surface area (Å²) in [6.45, 7) is 4.81. The standard InChI is InChI=1S/C19H24N2O2/c1-19(2,23)17-11-6-12-21(17)13-18(22)20-16-10-5-8-14-7-3-4-9-15(14)16/h3-5,7-10,17,23H,6,11-13H2,1-2H3,(H,20,22). The van der Waals surface area contributed by atoms with Gasteiger partial charge in [-0.3, -0.25) is 9.69 Å². The highest BCUT2D eigenvalue weighted by Crippen LogP contribution is 2.27. The second-order valence-corrected chi connectivity index (χ2v) is 6.86. The van der Waals surface area contributed by atoms with Gasteiger partial charge in [-0.1, -0.05) is 36.4 Å². The highest BCUT2D eigenvalue weighted by Gasteiger charge is 2.36. The van der Waals surface area contributed by atoms with E-state index in [0.29, 0.717) is 6.54 Å². The van der Waals surface area contributed by atoms with Crippen molar-refractivity contribution >= 4 is 22.4 Å². The number of likely N-dealkylation sites (tertiary alicyclic amines) is 1. The second kappa shape index (κ2) is 6.30. The Bertz CT molecular complexity index is 701. The molecule has 0 bridgehead atoms. The van der Waals surface area contributed by atoms with Gasteiger partial charge in [0.1, 0.15) is 0 Å². The highest BCUT2D eigenvalue weighted by molar-refractivity contribution is 6.02. The Kier molecular flexibility index (Phi) is 4.37. The van der Waals surface area contributed by atoms with Crippen LogP contribution in [0.15, 0.2) is 42.5 Å². The van der Waals surface area contributed by atoms with Gasteiger partial charge in [-0.25, -0.2) is 0 Å². The molecule has 2 N–H and O–H groups in total. The molecule has 23 heavy (non-hydrogen) atoms. The number of benzene rings is 2. The number of amides is 1. The SMILES string of the molecule is CC(C)(O)C1CCCN1CC(=O)Nc1cccc2ccccc12. The van der Waals surface area contributed by atoms with Gasteiger partial charge in [-0.2, -0.15) is 0 Å². The molecule has 1 aliphatic heterocycles. The van der Waals surface area contributed by atoms with Crippen LogP contribution in [0.25, 0.3) is 10.8 Å². The molecule has 1 heterocycles. The van der Waals surface area contributed by atoms with Gasteiger partial charge in [0.25, 0.3) is 0 Å². The molecule has 4 nitrogen and oxygen atoms in total. The highest BCUT2D eigenvalue weighted by atomic mass is 16.3. The maximum absolute atomic E-state index is 12.5. The second-order valence-electron chi connectivity index (χ2n) is 6.86. The Morgan fingerprint density at radius 1 is 1.26 bits per heavy atom. The van der Waals surface area contributed by atoms with Crippen LogP contribution in [-0.2, 0) is 4.79 Å². The molecule has 0 saturated carbocycles. The molecule has 4 heteroatoms. The first kappa shape index (κ1) is 16.0. The van der Waals surface area contributed by atoms with Crippen molar-refractivity contribution in [2.75, 3.05) is 18.4 Å². The minimum Gasteiger partial charge on any atom is -0.389 e. The quantitative estimate of drug-likeness (QED) is 0.912. The normalized spacial score (nSPS) is 19.2. The number of aliphatic hydroxyl groups is 1. The Morgan fingerprint density at radius 2 is 2.00 bits per heavy atom. The number of nitrogens with one attached hydrogen (secondary N) is 1. The lowest BCUT2D eigenvalue weighted by atomic mass is 9.97. The molecular formula is C19H24N2O2. The van der Waals surface area contributed by atoms with Crippen molar-refractivity contribution in [3.63, 3.8) is 0 Å². The van der Waals surface area contributed by atoms with Gasteiger partial charge in [-0.15, -0.1) is 0 Å². The maximum Gasteiger partial charge on any atom is 0.238 e. The van der Waals surface area contributed by atoms with Crippen LogP contribution in [0.4, 0.5) is 5.69 Å². The molecule has 1 fully saturated rings. The summed E-state index contributed by atoms with van der Waals surface area (Å²) in [5.74, 6) is -0.0301. The fourth-order valence-electron chi connectivity index (χ4n) is 3.52. The summed E-state index contributed by atoms with van der Waals surface area (Å²) in [4.78, 5) is 14.5. The number of carbonyl (C=O) groups is 1. The first-order valence-corrected chi connectivity index (χ1v) is 8.19. The molecule has 1 atom stereocenters. The van der Waals surface area contributed by atoms with E-state index < -0.39 is 5.60 Å². The number of anilines is 1. The van der Waals surface area contributed by atoms with Crippen molar-refractivity contribution < 1.29 is 9.90 Å². The lowest BCUT2D eigenvalue weighted by Crippen LogP contribution is -2.48. The summed E-state index contributed by atoms with van der Waals surface area (Å²) in [6.07, 6.45) is 1.96. The molecule has 3 rings (SSSR count). The predicted octanol–water partition coefficient (Wildman–Crippen LogP) is 3.01. The first-order valence-electron chi connectivity index (χ1n) is 8.19. The average molecular weight is 312 g/mol. The van der Waals surface area contributed by atoms with E-state index in [1.54, 1.807) is 0 Å². The van der Waals surface area contributed by atoms with Crippen LogP contribution < -0.4 is 5.32 Å². The number of nitrogens with zero attached hydrogens (tertiary/aromatic N) is 1. The van der Waals surface area contributed by atoms with E-state index in [4.69, 9.17) is 0 Å². The number of fused-ring (bicyclic) bond motifs is 1. The van der Waals surface area contributed by atoms with Gasteiger partial charge in [-0.05, 0) is 44.7 Å². The number of hydrogen-bond acceptors (Lipinski definition) is 3. The molecule has 122 valence electrons. The van der Waals surface area contributed by atoms with E-state index in [-0.39, 0.29) is 11.9 Å². The topological polar surface area (TPSA) is 52.6 Å². The van der Waals surface area contributed by atoms with E-state index in [1.807, 2.05) is 56.3 Å². The fraction of sp³-hybridized carbons (Fsp3) is 0.421. The Balaban J connectivity index is 1.72. The summed E-state index contributed by atoms with van der Waals surface area (Å²) in [7, 11) is 0. The van der Waals surface area contributed by atoms with Crippen molar-refractivity contribution in [2.45, 2.75) is 38.3 Å². The van der Waals surface area contributed by atoms with Crippen molar-refractivity contribution in [1.29, 1.82) is 0 Å². The lowest BCUT2D eigenvalue weighted by Gasteiger charge is -2.33. The van der Waals surface area contributed by atoms with E-state index in [2.05, 4.69) is 10.2 Å². The molecule has 1 aliphatic rings. The minimum absolute atomic E-state index is 0.0301. The van der Waals surface area contributed by atoms with Crippen LogP contribution in [0.3, 0.4) is 0 Å². The van der Waals surface area contributed by atoms with Crippen LogP contribution >= 0.6 is 0 Å². The predicted molar refractivity (Wildman–Crippen MR) is 93.5 cm³/mol. The van der Waals surface area contributed by atoms with E-state index in [1.165, 1.54) is 0 Å². The smallest absolute Gasteiger partial charge is 0.238 e. The third-order valence-corrected chi connectivity index (χ3v) is 4.59. The third kappa shape index (κ3) is 3.54. The zero-order valence-electron chi connectivity index (χ0n) is 13.7. The average Bonchev–Trinajstić information content (AvgIpc) is 2.96. The van der Waals surface area contributed by atoms with E-state index in [9.17, 15) is 9.90 Å². The van der Waals surface area contributed by atoms with Crippen molar-refractivity contribution in [1.82, 2.24) is 4.90 Å². The zero-order chi connectivity index (χ0) is 16.4. The summed E-state index contributed by atoms with van der Waals surface area (Å²) in [5.41, 5.74) is 0.0584. The zero-order valence-corrected chi connectivity index (χ0v) is 13.7. The largest absolute Gasteiger partial charge is 0.389 e. The van der Waals surface area contributed by atoms with Gasteiger partial charge < -0.3 is 10.4 Å². The van der Waals surface area contributed by atoms with Crippen LogP contribution in [-0.4, -0.2) is 40.6 Å². The van der Waals surface area contributed by atoms with Crippen molar-refractivity contribution in [3.05, 3.63) is 42.5 Å². The van der Waals surface area contributed by atoms with Crippen molar-refractivity contribution in [2.24, 2.45) is 0 Å². The summed E-state index contributed by atoms with van der Waals surface area (Å²) < 4.78 is 0. The molecule has 2 aromatic carbocycles. The number of hydrogen-bond donors (Lipinski definition) is 2. The van der Waals surface area contributed by atoms with Gasteiger partial charge >= 0.3 is 0 Å². The molecule has 0 aromatic heterocycles. The van der Waals surface area contributed by atoms with Gasteiger partial charge in [0, 0.05) is 17.1 Å². The molecule has 1 saturated heterocycles. The Labute approximate surface area is 137 Å². The summed E-state index contributed by atoms with van der Waals surface area (Å²) in [5, 5.41) is 15.4. The maximum atomic E-state index is 12.5. The monoisotopic (exact) mass is 312 g/mol. The first-order chi connectivity index (χ1) is 10.9.